The van der Waals surface area contributed by atoms with E-state index >= 15 is 0 Å². The molecule has 3 rings (SSSR count). The maximum absolute atomic E-state index is 13.4. The maximum atomic E-state index is 13.4. The number of benzene rings is 1. The predicted molar refractivity (Wildman–Crippen MR) is 76.7 cm³/mol. The van der Waals surface area contributed by atoms with Crippen LogP contribution in [-0.2, 0) is 4.79 Å². The molecule has 0 aromatic heterocycles. The average molecular weight is 359 g/mol. The van der Waals surface area contributed by atoms with Crippen molar-refractivity contribution >= 4 is 34.2 Å². The van der Waals surface area contributed by atoms with Crippen molar-refractivity contribution in [3.8, 4) is 0 Å². The molecule has 3 atom stereocenters. The second-order valence-corrected chi connectivity index (χ2v) is 6.45. The fourth-order valence-corrected chi connectivity index (χ4v) is 3.89. The summed E-state index contributed by atoms with van der Waals surface area (Å²) in [6.45, 7) is 0. The highest BCUT2D eigenvalue weighted by Gasteiger charge is 2.43. The lowest BCUT2D eigenvalue weighted by atomic mass is 9.88. The van der Waals surface area contributed by atoms with Gasteiger partial charge in [-0.1, -0.05) is 12.5 Å². The molecule has 2 saturated carbocycles. The molecule has 2 aliphatic rings. The summed E-state index contributed by atoms with van der Waals surface area (Å²) in [6.07, 6.45) is 4.69. The van der Waals surface area contributed by atoms with Crippen LogP contribution in [0.2, 0.25) is 0 Å². The van der Waals surface area contributed by atoms with Gasteiger partial charge in [-0.05, 0) is 65.8 Å². The standard InChI is InChI=1S/C14H15FINO/c15-11-2-1-3-12(13(11)16)17-14(18)10-7-8-4-5-9(10)6-8/h1-3,8-10H,4-7H2,(H,17,18). The normalized spacial score (nSPS) is 29.6. The third kappa shape index (κ3) is 2.15. The van der Waals surface area contributed by atoms with E-state index in [9.17, 15) is 9.18 Å². The summed E-state index contributed by atoms with van der Waals surface area (Å²) < 4.78 is 13.9. The molecule has 1 aromatic carbocycles. The first-order valence-corrected chi connectivity index (χ1v) is 7.48. The fourth-order valence-electron chi connectivity index (χ4n) is 3.39. The third-order valence-corrected chi connectivity index (χ3v) is 5.38. The highest BCUT2D eigenvalue weighted by molar-refractivity contribution is 14.1. The molecule has 2 fully saturated rings. The van der Waals surface area contributed by atoms with Gasteiger partial charge < -0.3 is 5.32 Å². The molecule has 1 amide bonds. The Hall–Kier alpha value is -0.650. The van der Waals surface area contributed by atoms with Crippen LogP contribution < -0.4 is 5.32 Å². The minimum absolute atomic E-state index is 0.0747. The molecule has 2 nitrogen and oxygen atoms in total. The topological polar surface area (TPSA) is 29.1 Å². The molecule has 2 aliphatic carbocycles. The van der Waals surface area contributed by atoms with E-state index in [1.807, 2.05) is 22.6 Å². The summed E-state index contributed by atoms with van der Waals surface area (Å²) in [5, 5.41) is 2.89. The van der Waals surface area contributed by atoms with Crippen molar-refractivity contribution in [3.63, 3.8) is 0 Å². The van der Waals surface area contributed by atoms with Crippen LogP contribution in [0.1, 0.15) is 25.7 Å². The fraction of sp³-hybridized carbons (Fsp3) is 0.500. The van der Waals surface area contributed by atoms with Gasteiger partial charge in [-0.15, -0.1) is 0 Å². The van der Waals surface area contributed by atoms with Gasteiger partial charge in [0.25, 0.3) is 0 Å². The molecule has 1 N–H and O–H groups in total. The van der Waals surface area contributed by atoms with Gasteiger partial charge in [0, 0.05) is 5.92 Å². The van der Waals surface area contributed by atoms with Crippen molar-refractivity contribution < 1.29 is 9.18 Å². The molecule has 96 valence electrons. The Bertz CT molecular complexity index is 491. The molecular weight excluding hydrogens is 344 g/mol. The molecule has 0 radical (unpaired) electrons. The first kappa shape index (κ1) is 12.4. The second kappa shape index (κ2) is 4.79. The number of hydrogen-bond acceptors (Lipinski definition) is 1. The zero-order valence-electron chi connectivity index (χ0n) is 9.96. The van der Waals surface area contributed by atoms with Crippen LogP contribution in [0.4, 0.5) is 10.1 Å². The van der Waals surface area contributed by atoms with Crippen LogP contribution in [0.25, 0.3) is 0 Å². The zero-order chi connectivity index (χ0) is 12.7. The highest BCUT2D eigenvalue weighted by atomic mass is 127. The SMILES string of the molecule is O=C(Nc1cccc(F)c1I)C1CC2CCC1C2. The van der Waals surface area contributed by atoms with Gasteiger partial charge in [-0.25, -0.2) is 4.39 Å². The first-order chi connectivity index (χ1) is 8.65. The van der Waals surface area contributed by atoms with Gasteiger partial charge in [0.05, 0.1) is 9.26 Å². The number of nitrogens with one attached hydrogen (secondary N) is 1. The maximum Gasteiger partial charge on any atom is 0.227 e. The van der Waals surface area contributed by atoms with Crippen LogP contribution >= 0.6 is 22.6 Å². The largest absolute Gasteiger partial charge is 0.325 e. The Morgan fingerprint density at radius 3 is 2.83 bits per heavy atom. The highest BCUT2D eigenvalue weighted by Crippen LogP contribution is 2.48. The monoisotopic (exact) mass is 359 g/mol. The van der Waals surface area contributed by atoms with Crippen molar-refractivity contribution in [2.75, 3.05) is 5.32 Å². The summed E-state index contributed by atoms with van der Waals surface area (Å²) in [4.78, 5) is 12.2. The van der Waals surface area contributed by atoms with Crippen molar-refractivity contribution in [3.05, 3.63) is 27.6 Å². The Morgan fingerprint density at radius 1 is 1.33 bits per heavy atom. The molecular formula is C14H15FINO. The quantitative estimate of drug-likeness (QED) is 0.800. The Balaban J connectivity index is 1.73. The van der Waals surface area contributed by atoms with E-state index < -0.39 is 0 Å². The van der Waals surface area contributed by atoms with Gasteiger partial charge in [0.1, 0.15) is 5.82 Å². The molecule has 18 heavy (non-hydrogen) atoms. The van der Waals surface area contributed by atoms with E-state index in [0.29, 0.717) is 15.2 Å². The van der Waals surface area contributed by atoms with Crippen molar-refractivity contribution in [2.45, 2.75) is 25.7 Å². The molecule has 1 aromatic rings. The number of halogens is 2. The zero-order valence-corrected chi connectivity index (χ0v) is 12.1. The van der Waals surface area contributed by atoms with E-state index in [0.717, 1.165) is 12.3 Å². The Morgan fingerprint density at radius 2 is 2.17 bits per heavy atom. The summed E-state index contributed by atoms with van der Waals surface area (Å²) in [5.74, 6) is 1.24. The van der Waals surface area contributed by atoms with Gasteiger partial charge >= 0.3 is 0 Å². The van der Waals surface area contributed by atoms with E-state index in [2.05, 4.69) is 5.32 Å². The Labute approximate surface area is 119 Å². The van der Waals surface area contributed by atoms with Crippen molar-refractivity contribution in [1.82, 2.24) is 0 Å². The number of anilines is 1. The van der Waals surface area contributed by atoms with Gasteiger partial charge in [-0.2, -0.15) is 0 Å². The Kier molecular flexibility index (Phi) is 3.30. The van der Waals surface area contributed by atoms with Crippen molar-refractivity contribution in [2.24, 2.45) is 17.8 Å². The van der Waals surface area contributed by atoms with Crippen LogP contribution in [0, 0.1) is 27.1 Å². The van der Waals surface area contributed by atoms with Crippen LogP contribution in [0.5, 0.6) is 0 Å². The number of rotatable bonds is 2. The lowest BCUT2D eigenvalue weighted by Gasteiger charge is -2.21. The van der Waals surface area contributed by atoms with Crippen LogP contribution in [0.3, 0.4) is 0 Å². The molecule has 0 spiro atoms. The predicted octanol–water partition coefficient (Wildman–Crippen LogP) is 3.81. The van der Waals surface area contributed by atoms with E-state index in [1.165, 1.54) is 25.3 Å². The van der Waals surface area contributed by atoms with Crippen LogP contribution in [0.15, 0.2) is 18.2 Å². The smallest absolute Gasteiger partial charge is 0.227 e. The van der Waals surface area contributed by atoms with E-state index in [1.54, 1.807) is 12.1 Å². The van der Waals surface area contributed by atoms with Gasteiger partial charge in [0.2, 0.25) is 5.91 Å². The number of hydrogen-bond donors (Lipinski definition) is 1. The summed E-state index contributed by atoms with van der Waals surface area (Å²) in [6, 6.07) is 4.80. The number of amides is 1. The molecule has 0 heterocycles. The van der Waals surface area contributed by atoms with E-state index in [-0.39, 0.29) is 17.6 Å². The molecule has 3 unspecified atom stereocenters. The first-order valence-electron chi connectivity index (χ1n) is 6.40. The van der Waals surface area contributed by atoms with Gasteiger partial charge in [0.15, 0.2) is 0 Å². The minimum atomic E-state index is -0.277. The summed E-state index contributed by atoms with van der Waals surface area (Å²) in [7, 11) is 0. The number of fused-ring (bicyclic) bond motifs is 2. The van der Waals surface area contributed by atoms with Gasteiger partial charge in [-0.3, -0.25) is 4.79 Å². The number of carbonyl (C=O) groups is 1. The molecule has 0 saturated heterocycles. The summed E-state index contributed by atoms with van der Waals surface area (Å²) >= 11 is 1.94. The third-order valence-electron chi connectivity index (χ3n) is 4.28. The second-order valence-electron chi connectivity index (χ2n) is 5.37. The van der Waals surface area contributed by atoms with Crippen molar-refractivity contribution in [1.29, 1.82) is 0 Å². The van der Waals surface area contributed by atoms with E-state index in [4.69, 9.17) is 0 Å². The number of carbonyl (C=O) groups excluding carboxylic acids is 1. The molecule has 4 heteroatoms. The van der Waals surface area contributed by atoms with Crippen LogP contribution in [-0.4, -0.2) is 5.91 Å². The molecule has 2 bridgehead atoms. The summed E-state index contributed by atoms with van der Waals surface area (Å²) in [5.41, 5.74) is 0.600. The average Bonchev–Trinajstić information content (AvgIpc) is 2.97. The molecule has 0 aliphatic heterocycles. The minimum Gasteiger partial charge on any atom is -0.325 e. The lowest BCUT2D eigenvalue weighted by Crippen LogP contribution is -2.27. The lowest BCUT2D eigenvalue weighted by molar-refractivity contribution is -0.121.